The number of benzene rings is 1. The van der Waals surface area contributed by atoms with Crippen LogP contribution < -0.4 is 10.2 Å². The number of fused-ring (bicyclic) bond motifs is 3. The smallest absolute Gasteiger partial charge is 0.155 e. The molecule has 0 fully saturated rings. The maximum absolute atomic E-state index is 6.25. The minimum Gasteiger partial charge on any atom is -0.364 e. The molecule has 2 heterocycles. The van der Waals surface area contributed by atoms with Crippen LogP contribution in [0.4, 0.5) is 11.4 Å². The highest BCUT2D eigenvalue weighted by molar-refractivity contribution is 6.34. The van der Waals surface area contributed by atoms with Crippen LogP contribution in [0, 0.1) is 5.92 Å². The summed E-state index contributed by atoms with van der Waals surface area (Å²) in [5, 5.41) is 5.08. The number of pyridine rings is 1. The fraction of sp³-hybridized carbons (Fsp3) is 0.357. The first-order chi connectivity index (χ1) is 8.66. The monoisotopic (exact) mass is 261 g/mol. The lowest BCUT2D eigenvalue weighted by Gasteiger charge is -2.21. The van der Waals surface area contributed by atoms with Crippen molar-refractivity contribution in [1.82, 2.24) is 4.98 Å². The van der Waals surface area contributed by atoms with Crippen molar-refractivity contribution >= 4 is 33.9 Å². The van der Waals surface area contributed by atoms with Crippen LogP contribution in [0.3, 0.4) is 0 Å². The van der Waals surface area contributed by atoms with Gasteiger partial charge in [0, 0.05) is 11.9 Å². The first-order valence-electron chi connectivity index (χ1n) is 6.24. The van der Waals surface area contributed by atoms with Gasteiger partial charge in [0.25, 0.3) is 0 Å². The molecule has 1 aromatic carbocycles. The van der Waals surface area contributed by atoms with Crippen LogP contribution in [0.2, 0.25) is 5.15 Å². The predicted octanol–water partition coefficient (Wildman–Crippen LogP) is 3.73. The van der Waals surface area contributed by atoms with Crippen molar-refractivity contribution in [3.8, 4) is 0 Å². The van der Waals surface area contributed by atoms with Gasteiger partial charge in [-0.2, -0.15) is 0 Å². The summed E-state index contributed by atoms with van der Waals surface area (Å²) in [5.41, 5.74) is 3.12. The third kappa shape index (κ3) is 1.79. The van der Waals surface area contributed by atoms with Gasteiger partial charge in [0.1, 0.15) is 0 Å². The molecule has 0 amide bonds. The lowest BCUT2D eigenvalue weighted by molar-refractivity contribution is 0.629. The Bertz CT molecular complexity index is 595. The van der Waals surface area contributed by atoms with E-state index < -0.39 is 0 Å². The second-order valence-electron chi connectivity index (χ2n) is 5.09. The minimum atomic E-state index is 0.565. The van der Waals surface area contributed by atoms with Gasteiger partial charge in [-0.3, -0.25) is 0 Å². The van der Waals surface area contributed by atoms with E-state index in [2.05, 4.69) is 35.1 Å². The number of hydrogen-bond donors (Lipinski definition) is 1. The molecule has 2 aromatic rings. The van der Waals surface area contributed by atoms with Gasteiger partial charge in [0.05, 0.1) is 23.6 Å². The Morgan fingerprint density at radius 1 is 1.39 bits per heavy atom. The van der Waals surface area contributed by atoms with Crippen LogP contribution in [0.25, 0.3) is 10.9 Å². The molecule has 3 rings (SSSR count). The van der Waals surface area contributed by atoms with Gasteiger partial charge in [-0.1, -0.05) is 43.6 Å². The van der Waals surface area contributed by atoms with Gasteiger partial charge < -0.3 is 10.2 Å². The molecule has 0 saturated heterocycles. The average molecular weight is 262 g/mol. The van der Waals surface area contributed by atoms with E-state index in [1.54, 1.807) is 0 Å². The van der Waals surface area contributed by atoms with E-state index >= 15 is 0 Å². The Morgan fingerprint density at radius 3 is 2.94 bits per heavy atom. The van der Waals surface area contributed by atoms with E-state index in [-0.39, 0.29) is 0 Å². The molecular formula is C14H16ClN3. The summed E-state index contributed by atoms with van der Waals surface area (Å²) in [7, 11) is 0. The van der Waals surface area contributed by atoms with Crippen molar-refractivity contribution in [2.45, 2.75) is 13.8 Å². The van der Waals surface area contributed by atoms with Crippen LogP contribution in [-0.4, -0.2) is 18.2 Å². The standard InChI is InChI=1S/C14H16ClN3/c1-9(2)7-18-8-16-12-13(18)10-5-3-4-6-11(10)17-14(12)15/h3-6,9,16H,7-8H2,1-2H3. The van der Waals surface area contributed by atoms with Gasteiger partial charge in [-0.05, 0) is 12.0 Å². The number of para-hydroxylation sites is 1. The highest BCUT2D eigenvalue weighted by atomic mass is 35.5. The lowest BCUT2D eigenvalue weighted by Crippen LogP contribution is -2.27. The SMILES string of the molecule is CC(C)CN1CNc2c(Cl)nc3ccccc3c21. The van der Waals surface area contributed by atoms with E-state index in [0.717, 1.165) is 24.4 Å². The number of hydrogen-bond acceptors (Lipinski definition) is 3. The summed E-state index contributed by atoms with van der Waals surface area (Å²) in [5.74, 6) is 0.614. The van der Waals surface area contributed by atoms with Crippen LogP contribution in [0.1, 0.15) is 13.8 Å². The van der Waals surface area contributed by atoms with Gasteiger partial charge in [0.2, 0.25) is 0 Å². The highest BCUT2D eigenvalue weighted by Crippen LogP contribution is 2.41. The number of halogens is 1. The average Bonchev–Trinajstić information content (AvgIpc) is 2.73. The molecule has 0 unspecified atom stereocenters. The van der Waals surface area contributed by atoms with Gasteiger partial charge in [0.15, 0.2) is 5.15 Å². The lowest BCUT2D eigenvalue weighted by atomic mass is 10.1. The van der Waals surface area contributed by atoms with Crippen LogP contribution in [-0.2, 0) is 0 Å². The molecule has 1 aromatic heterocycles. The van der Waals surface area contributed by atoms with Crippen molar-refractivity contribution in [3.63, 3.8) is 0 Å². The molecule has 4 heteroatoms. The van der Waals surface area contributed by atoms with Crippen molar-refractivity contribution < 1.29 is 0 Å². The number of aromatic nitrogens is 1. The molecule has 1 N–H and O–H groups in total. The Balaban J connectivity index is 2.20. The van der Waals surface area contributed by atoms with E-state index in [9.17, 15) is 0 Å². The normalized spacial score (nSPS) is 14.1. The summed E-state index contributed by atoms with van der Waals surface area (Å²) in [4.78, 5) is 6.78. The molecule has 0 saturated carbocycles. The Morgan fingerprint density at radius 2 is 2.17 bits per heavy atom. The van der Waals surface area contributed by atoms with Crippen molar-refractivity contribution in [3.05, 3.63) is 29.4 Å². The Kier molecular flexibility index (Phi) is 2.78. The molecule has 3 nitrogen and oxygen atoms in total. The molecule has 1 aliphatic rings. The number of anilines is 2. The maximum Gasteiger partial charge on any atom is 0.155 e. The van der Waals surface area contributed by atoms with Crippen molar-refractivity contribution in [2.75, 3.05) is 23.4 Å². The second kappa shape index (κ2) is 4.32. The molecule has 1 aliphatic heterocycles. The van der Waals surface area contributed by atoms with Crippen LogP contribution in [0.15, 0.2) is 24.3 Å². The summed E-state index contributed by atoms with van der Waals surface area (Å²) in [6.07, 6.45) is 0. The summed E-state index contributed by atoms with van der Waals surface area (Å²) in [6, 6.07) is 8.16. The molecule has 0 bridgehead atoms. The van der Waals surface area contributed by atoms with Crippen molar-refractivity contribution in [2.24, 2.45) is 5.92 Å². The fourth-order valence-electron chi connectivity index (χ4n) is 2.50. The third-order valence-corrected chi connectivity index (χ3v) is 3.44. The number of rotatable bonds is 2. The Labute approximate surface area is 112 Å². The summed E-state index contributed by atoms with van der Waals surface area (Å²) in [6.45, 7) is 6.28. The van der Waals surface area contributed by atoms with E-state index in [1.165, 1.54) is 11.1 Å². The zero-order valence-electron chi connectivity index (χ0n) is 10.6. The second-order valence-corrected chi connectivity index (χ2v) is 5.45. The molecule has 0 spiro atoms. The zero-order chi connectivity index (χ0) is 12.7. The highest BCUT2D eigenvalue weighted by Gasteiger charge is 2.25. The summed E-state index contributed by atoms with van der Waals surface area (Å²) >= 11 is 6.25. The number of nitrogens with one attached hydrogen (secondary N) is 1. The van der Waals surface area contributed by atoms with Gasteiger partial charge in [-0.15, -0.1) is 0 Å². The van der Waals surface area contributed by atoms with Crippen LogP contribution >= 0.6 is 11.6 Å². The molecule has 0 radical (unpaired) electrons. The largest absolute Gasteiger partial charge is 0.364 e. The maximum atomic E-state index is 6.25. The van der Waals surface area contributed by atoms with E-state index in [1.807, 2.05) is 18.2 Å². The first-order valence-corrected chi connectivity index (χ1v) is 6.61. The Hall–Kier alpha value is -1.48. The third-order valence-electron chi connectivity index (χ3n) is 3.17. The molecular weight excluding hydrogens is 246 g/mol. The summed E-state index contributed by atoms with van der Waals surface area (Å²) < 4.78 is 0. The molecule has 0 aliphatic carbocycles. The quantitative estimate of drug-likeness (QED) is 0.835. The number of nitrogens with zero attached hydrogens (tertiary/aromatic N) is 2. The van der Waals surface area contributed by atoms with Gasteiger partial charge >= 0.3 is 0 Å². The topological polar surface area (TPSA) is 28.2 Å². The predicted molar refractivity (Wildman–Crippen MR) is 77.4 cm³/mol. The van der Waals surface area contributed by atoms with E-state index in [0.29, 0.717) is 11.1 Å². The molecule has 18 heavy (non-hydrogen) atoms. The zero-order valence-corrected chi connectivity index (χ0v) is 11.3. The van der Waals surface area contributed by atoms with Gasteiger partial charge in [-0.25, -0.2) is 4.98 Å². The fourth-order valence-corrected chi connectivity index (χ4v) is 2.75. The first kappa shape index (κ1) is 11.6. The molecule has 0 atom stereocenters. The van der Waals surface area contributed by atoms with E-state index in [4.69, 9.17) is 11.6 Å². The van der Waals surface area contributed by atoms with Crippen LogP contribution in [0.5, 0.6) is 0 Å². The molecule has 94 valence electrons. The van der Waals surface area contributed by atoms with Crippen molar-refractivity contribution in [1.29, 1.82) is 0 Å². The minimum absolute atomic E-state index is 0.565.